The first-order valence-corrected chi connectivity index (χ1v) is 9.04. The molecule has 0 rings (SSSR count). The summed E-state index contributed by atoms with van der Waals surface area (Å²) in [4.78, 5) is 59.5. The van der Waals surface area contributed by atoms with Crippen LogP contribution in [0.15, 0.2) is 0 Å². The summed E-state index contributed by atoms with van der Waals surface area (Å²) < 4.78 is 0. The predicted molar refractivity (Wildman–Crippen MR) is 102 cm³/mol. The minimum absolute atomic E-state index is 0.0145. The molecule has 0 spiro atoms. The summed E-state index contributed by atoms with van der Waals surface area (Å²) in [6.07, 6.45) is 0. The molecule has 0 saturated heterocycles. The molecule has 0 bridgehead atoms. The van der Waals surface area contributed by atoms with Crippen LogP contribution in [-0.2, 0) is 24.0 Å². The molecular weight excluding hydrogens is 406 g/mol. The second-order valence-electron chi connectivity index (χ2n) is 6.41. The van der Waals surface area contributed by atoms with Gasteiger partial charge in [0.2, 0.25) is 5.91 Å². The highest BCUT2D eigenvalue weighted by Gasteiger charge is 2.19. The van der Waals surface area contributed by atoms with E-state index in [9.17, 15) is 24.0 Å². The van der Waals surface area contributed by atoms with Crippen molar-refractivity contribution in [3.63, 3.8) is 0 Å². The van der Waals surface area contributed by atoms with E-state index in [-0.39, 0.29) is 51.7 Å². The number of amides is 1. The number of carboxylic acid groups (broad SMARTS) is 4. The average molecular weight is 435 g/mol. The second kappa shape index (κ2) is 15.1. The molecule has 0 atom stereocenters. The highest BCUT2D eigenvalue weighted by atomic mass is 16.4. The molecule has 0 unspecified atom stereocenters. The number of nitrogens with zero attached hydrogens (tertiary/aromatic N) is 3. The van der Waals surface area contributed by atoms with Crippen molar-refractivity contribution in [3.8, 4) is 0 Å². The quantitative estimate of drug-likeness (QED) is 0.122. The fourth-order valence-corrected chi connectivity index (χ4v) is 2.50. The molecule has 1 amide bonds. The van der Waals surface area contributed by atoms with E-state index < -0.39 is 50.1 Å². The Morgan fingerprint density at radius 3 is 1.23 bits per heavy atom. The number of hydrogen-bond acceptors (Lipinski definition) is 9. The van der Waals surface area contributed by atoms with Crippen LogP contribution < -0.4 is 11.1 Å². The van der Waals surface area contributed by atoms with Crippen molar-refractivity contribution in [1.29, 1.82) is 0 Å². The third-order valence-electron chi connectivity index (χ3n) is 3.73. The molecule has 30 heavy (non-hydrogen) atoms. The standard InChI is InChI=1S/C16H29N5O9/c17-1-2-18-12(22)7-19(3-5-20(8-13(23)24)9-14(25)26)4-6-21(10-15(27)28)11-16(29)30/h1-11,17H2,(H,18,22)(H,23,24)(H,25,26)(H,27,28)(H,29,30). The first kappa shape index (κ1) is 27.2. The number of carboxylic acids is 4. The topological polar surface area (TPSA) is 214 Å². The molecule has 172 valence electrons. The van der Waals surface area contributed by atoms with Gasteiger partial charge in [-0.15, -0.1) is 0 Å². The van der Waals surface area contributed by atoms with Gasteiger partial charge in [0.1, 0.15) is 0 Å². The Kier molecular flexibility index (Phi) is 13.7. The Morgan fingerprint density at radius 2 is 0.933 bits per heavy atom. The van der Waals surface area contributed by atoms with E-state index in [2.05, 4.69) is 5.32 Å². The lowest BCUT2D eigenvalue weighted by atomic mass is 10.3. The third kappa shape index (κ3) is 15.2. The first-order chi connectivity index (χ1) is 14.0. The molecule has 0 aliphatic rings. The van der Waals surface area contributed by atoms with E-state index in [0.29, 0.717) is 0 Å². The van der Waals surface area contributed by atoms with E-state index in [1.54, 1.807) is 4.90 Å². The zero-order valence-electron chi connectivity index (χ0n) is 16.5. The molecule has 0 fully saturated rings. The fourth-order valence-electron chi connectivity index (χ4n) is 2.50. The van der Waals surface area contributed by atoms with Gasteiger partial charge in [0.25, 0.3) is 0 Å². The van der Waals surface area contributed by atoms with Crippen molar-refractivity contribution in [1.82, 2.24) is 20.0 Å². The number of carbonyl (C=O) groups is 5. The summed E-state index contributed by atoms with van der Waals surface area (Å²) in [5.74, 6) is -5.23. The first-order valence-electron chi connectivity index (χ1n) is 9.04. The van der Waals surface area contributed by atoms with E-state index >= 15 is 0 Å². The van der Waals surface area contributed by atoms with Crippen molar-refractivity contribution >= 4 is 29.8 Å². The Labute approximate surface area is 172 Å². The summed E-state index contributed by atoms with van der Waals surface area (Å²) >= 11 is 0. The summed E-state index contributed by atoms with van der Waals surface area (Å²) in [5.41, 5.74) is 5.33. The molecule has 0 heterocycles. The zero-order chi connectivity index (χ0) is 23.1. The van der Waals surface area contributed by atoms with Gasteiger partial charge >= 0.3 is 23.9 Å². The molecule has 0 radical (unpaired) electrons. The summed E-state index contributed by atoms with van der Waals surface area (Å²) in [6, 6.07) is 0. The number of rotatable bonds is 18. The molecular formula is C16H29N5O9. The Bertz CT molecular complexity index is 530. The highest BCUT2D eigenvalue weighted by Crippen LogP contribution is 1.97. The minimum Gasteiger partial charge on any atom is -0.480 e. The van der Waals surface area contributed by atoms with E-state index in [1.807, 2.05) is 0 Å². The summed E-state index contributed by atoms with van der Waals surface area (Å²) in [7, 11) is 0. The van der Waals surface area contributed by atoms with Crippen molar-refractivity contribution in [2.75, 3.05) is 72.0 Å². The summed E-state index contributed by atoms with van der Waals surface area (Å²) in [5, 5.41) is 38.2. The van der Waals surface area contributed by atoms with Crippen molar-refractivity contribution in [3.05, 3.63) is 0 Å². The zero-order valence-corrected chi connectivity index (χ0v) is 16.5. The monoisotopic (exact) mass is 435 g/mol. The number of carbonyl (C=O) groups excluding carboxylic acids is 1. The molecule has 0 saturated carbocycles. The van der Waals surface area contributed by atoms with Crippen LogP contribution in [0.25, 0.3) is 0 Å². The van der Waals surface area contributed by atoms with Crippen LogP contribution >= 0.6 is 0 Å². The summed E-state index contributed by atoms with van der Waals surface area (Å²) in [6.45, 7) is -1.48. The number of aliphatic carboxylic acids is 4. The van der Waals surface area contributed by atoms with Crippen LogP contribution in [0.1, 0.15) is 0 Å². The van der Waals surface area contributed by atoms with Gasteiger partial charge in [0.05, 0.1) is 32.7 Å². The van der Waals surface area contributed by atoms with Gasteiger partial charge in [0.15, 0.2) is 0 Å². The molecule has 14 heteroatoms. The maximum atomic E-state index is 12.0. The van der Waals surface area contributed by atoms with Crippen LogP contribution in [0.2, 0.25) is 0 Å². The van der Waals surface area contributed by atoms with Gasteiger partial charge in [-0.1, -0.05) is 0 Å². The normalized spacial score (nSPS) is 11.1. The smallest absolute Gasteiger partial charge is 0.317 e. The van der Waals surface area contributed by atoms with Crippen LogP contribution in [0, 0.1) is 0 Å². The van der Waals surface area contributed by atoms with E-state index in [4.69, 9.17) is 26.2 Å². The van der Waals surface area contributed by atoms with Crippen molar-refractivity contribution in [2.45, 2.75) is 0 Å². The Morgan fingerprint density at radius 1 is 0.600 bits per heavy atom. The molecule has 14 nitrogen and oxygen atoms in total. The maximum Gasteiger partial charge on any atom is 0.317 e. The van der Waals surface area contributed by atoms with Crippen molar-refractivity contribution in [2.24, 2.45) is 5.73 Å². The maximum absolute atomic E-state index is 12.0. The van der Waals surface area contributed by atoms with Gasteiger partial charge in [-0.05, 0) is 0 Å². The largest absolute Gasteiger partial charge is 0.480 e. The minimum atomic E-state index is -1.21. The number of hydrogen-bond donors (Lipinski definition) is 6. The van der Waals surface area contributed by atoms with Crippen LogP contribution in [-0.4, -0.2) is 137 Å². The molecule has 0 aliphatic carbocycles. The van der Waals surface area contributed by atoms with Crippen LogP contribution in [0.4, 0.5) is 0 Å². The molecule has 0 aromatic carbocycles. The number of nitrogens with one attached hydrogen (secondary N) is 1. The SMILES string of the molecule is NCCNC(=O)CN(CCN(CC(=O)O)CC(=O)O)CCN(CC(=O)O)CC(=O)O. The highest BCUT2D eigenvalue weighted by molar-refractivity contribution is 5.78. The molecule has 0 aromatic heterocycles. The molecule has 0 aromatic rings. The van der Waals surface area contributed by atoms with Gasteiger partial charge in [0, 0.05) is 39.3 Å². The fraction of sp³-hybridized carbons (Fsp3) is 0.688. The van der Waals surface area contributed by atoms with Gasteiger partial charge < -0.3 is 31.5 Å². The van der Waals surface area contributed by atoms with Gasteiger partial charge in [-0.3, -0.25) is 38.7 Å². The molecule has 0 aliphatic heterocycles. The lowest BCUT2D eigenvalue weighted by molar-refractivity contribution is -0.143. The van der Waals surface area contributed by atoms with Crippen molar-refractivity contribution < 1.29 is 44.4 Å². The average Bonchev–Trinajstić information content (AvgIpc) is 2.59. The molecule has 7 N–H and O–H groups in total. The van der Waals surface area contributed by atoms with Gasteiger partial charge in [-0.2, -0.15) is 0 Å². The predicted octanol–water partition coefficient (Wildman–Crippen LogP) is -3.69. The van der Waals surface area contributed by atoms with Crippen LogP contribution in [0.3, 0.4) is 0 Å². The van der Waals surface area contributed by atoms with Crippen LogP contribution in [0.5, 0.6) is 0 Å². The third-order valence-corrected chi connectivity index (χ3v) is 3.73. The Balaban J connectivity index is 5.06. The number of nitrogens with two attached hydrogens (primary N) is 1. The lowest BCUT2D eigenvalue weighted by Crippen LogP contribution is -2.47. The lowest BCUT2D eigenvalue weighted by Gasteiger charge is -2.28. The second-order valence-corrected chi connectivity index (χ2v) is 6.41. The Hall–Kier alpha value is -2.81. The van der Waals surface area contributed by atoms with E-state index in [0.717, 1.165) is 0 Å². The van der Waals surface area contributed by atoms with E-state index in [1.165, 1.54) is 9.80 Å². The van der Waals surface area contributed by atoms with Gasteiger partial charge in [-0.25, -0.2) is 0 Å².